The first kappa shape index (κ1) is 25.1. The van der Waals surface area contributed by atoms with Gasteiger partial charge < -0.3 is 9.80 Å². The van der Waals surface area contributed by atoms with Crippen molar-refractivity contribution in [2.75, 3.05) is 38.1 Å². The molecule has 0 spiro atoms. The van der Waals surface area contributed by atoms with Crippen molar-refractivity contribution in [1.29, 1.82) is 0 Å². The zero-order valence-electron chi connectivity index (χ0n) is 20.9. The maximum absolute atomic E-state index is 13.7. The van der Waals surface area contributed by atoms with E-state index in [-0.39, 0.29) is 17.3 Å². The zero-order valence-corrected chi connectivity index (χ0v) is 21.7. The Kier molecular flexibility index (Phi) is 7.37. The van der Waals surface area contributed by atoms with E-state index in [4.69, 9.17) is 0 Å². The summed E-state index contributed by atoms with van der Waals surface area (Å²) in [5.74, 6) is 0.296. The van der Waals surface area contributed by atoms with E-state index >= 15 is 0 Å². The molecule has 9 heteroatoms. The van der Waals surface area contributed by atoms with E-state index in [9.17, 15) is 13.2 Å². The van der Waals surface area contributed by atoms with Crippen LogP contribution in [0.1, 0.15) is 48.6 Å². The first-order valence-electron chi connectivity index (χ1n) is 12.1. The Balaban J connectivity index is 1.70. The van der Waals surface area contributed by atoms with Crippen LogP contribution < -0.4 is 4.90 Å². The highest BCUT2D eigenvalue weighted by Gasteiger charge is 2.27. The highest BCUT2D eigenvalue weighted by atomic mass is 32.2. The highest BCUT2D eigenvalue weighted by Crippen LogP contribution is 2.29. The van der Waals surface area contributed by atoms with E-state index in [1.165, 1.54) is 10.4 Å². The van der Waals surface area contributed by atoms with Crippen molar-refractivity contribution in [3.05, 3.63) is 59.5 Å². The lowest BCUT2D eigenvalue weighted by Gasteiger charge is -2.25. The minimum absolute atomic E-state index is 0.138. The first-order chi connectivity index (χ1) is 16.8. The molecule has 0 unspecified atom stereocenters. The van der Waals surface area contributed by atoms with Crippen LogP contribution in [0.5, 0.6) is 0 Å². The zero-order chi connectivity index (χ0) is 25.2. The van der Waals surface area contributed by atoms with Crippen LogP contribution in [-0.4, -0.2) is 66.7 Å². The molecule has 0 aliphatic carbocycles. The second-order valence-corrected chi connectivity index (χ2v) is 10.8. The maximum atomic E-state index is 13.7. The van der Waals surface area contributed by atoms with Gasteiger partial charge in [0.05, 0.1) is 22.5 Å². The number of sulfonamides is 1. The molecule has 35 heavy (non-hydrogen) atoms. The number of nitrogens with zero attached hydrogens (tertiary/aromatic N) is 5. The van der Waals surface area contributed by atoms with Crippen LogP contribution in [0.4, 0.5) is 5.69 Å². The molecule has 2 heterocycles. The monoisotopic (exact) mass is 495 g/mol. The molecule has 186 valence electrons. The summed E-state index contributed by atoms with van der Waals surface area (Å²) in [5, 5.41) is 0.982. The van der Waals surface area contributed by atoms with Crippen LogP contribution in [0.25, 0.3) is 10.9 Å². The largest absolute Gasteiger partial charge is 0.371 e. The van der Waals surface area contributed by atoms with Crippen LogP contribution >= 0.6 is 0 Å². The van der Waals surface area contributed by atoms with Crippen LogP contribution in [-0.2, 0) is 16.6 Å². The van der Waals surface area contributed by atoms with Gasteiger partial charge in [0.15, 0.2) is 0 Å². The fourth-order valence-corrected chi connectivity index (χ4v) is 6.13. The summed E-state index contributed by atoms with van der Waals surface area (Å²) >= 11 is 0. The number of aryl methyl sites for hydroxylation is 1. The van der Waals surface area contributed by atoms with E-state index in [1.54, 1.807) is 24.1 Å². The number of benzene rings is 2. The fraction of sp³-hybridized carbons (Fsp3) is 0.423. The Hall–Kier alpha value is -3.04. The van der Waals surface area contributed by atoms with Gasteiger partial charge in [-0.05, 0) is 44.0 Å². The second-order valence-electron chi connectivity index (χ2n) is 8.87. The topological polar surface area (TPSA) is 86.7 Å². The number of carbonyl (C=O) groups is 1. The highest BCUT2D eigenvalue weighted by molar-refractivity contribution is 7.89. The lowest BCUT2D eigenvalue weighted by Crippen LogP contribution is -2.32. The lowest BCUT2D eigenvalue weighted by molar-refractivity contribution is 0.0782. The standard InChI is InChI=1S/C26H33N5O3S/c1-5-31(6-2)35(33,34)20-13-14-24(30-15-9-10-16-30)22(17-20)26(32)29(4)18-25-27-19(3)21-11-7-8-12-23(21)28-25/h7-8,11-14,17H,5-6,9-10,15-16,18H2,1-4H3. The van der Waals surface area contributed by atoms with Crippen molar-refractivity contribution in [3.8, 4) is 0 Å². The summed E-state index contributed by atoms with van der Waals surface area (Å²) in [5.41, 5.74) is 2.85. The molecule has 1 fully saturated rings. The van der Waals surface area contributed by atoms with Gasteiger partial charge in [-0.25, -0.2) is 18.4 Å². The van der Waals surface area contributed by atoms with Gasteiger partial charge >= 0.3 is 0 Å². The van der Waals surface area contributed by atoms with Crippen molar-refractivity contribution in [3.63, 3.8) is 0 Å². The molecule has 1 amide bonds. The van der Waals surface area contributed by atoms with Crippen LogP contribution in [0.3, 0.4) is 0 Å². The normalized spacial score (nSPS) is 14.1. The van der Waals surface area contributed by atoms with Crippen molar-refractivity contribution >= 4 is 32.5 Å². The first-order valence-corrected chi connectivity index (χ1v) is 13.6. The number of para-hydroxylation sites is 1. The molecular formula is C26H33N5O3S. The third-order valence-electron chi connectivity index (χ3n) is 6.55. The Morgan fingerprint density at radius 3 is 2.40 bits per heavy atom. The number of anilines is 1. The van der Waals surface area contributed by atoms with E-state index in [2.05, 4.69) is 14.9 Å². The minimum atomic E-state index is -3.69. The van der Waals surface area contributed by atoms with Crippen LogP contribution in [0.2, 0.25) is 0 Å². The molecule has 1 saturated heterocycles. The molecular weight excluding hydrogens is 462 g/mol. The number of hydrogen-bond donors (Lipinski definition) is 0. The summed E-state index contributed by atoms with van der Waals surface area (Å²) < 4.78 is 27.8. The molecule has 1 aliphatic rings. The molecule has 0 saturated carbocycles. The Labute approximate surface area is 207 Å². The number of amides is 1. The summed E-state index contributed by atoms with van der Waals surface area (Å²) in [6, 6.07) is 12.7. The molecule has 1 aliphatic heterocycles. The summed E-state index contributed by atoms with van der Waals surface area (Å²) in [6.45, 7) is 8.21. The van der Waals surface area contributed by atoms with Crippen molar-refractivity contribution in [1.82, 2.24) is 19.2 Å². The van der Waals surface area contributed by atoms with E-state index in [0.29, 0.717) is 24.5 Å². The van der Waals surface area contributed by atoms with Crippen molar-refractivity contribution in [2.45, 2.75) is 45.1 Å². The van der Waals surface area contributed by atoms with E-state index < -0.39 is 10.0 Å². The Morgan fingerprint density at radius 1 is 1.03 bits per heavy atom. The average molecular weight is 496 g/mol. The van der Waals surface area contributed by atoms with Crippen LogP contribution in [0, 0.1) is 6.92 Å². The maximum Gasteiger partial charge on any atom is 0.256 e. The average Bonchev–Trinajstić information content (AvgIpc) is 3.38. The predicted molar refractivity (Wildman–Crippen MR) is 138 cm³/mol. The van der Waals surface area contributed by atoms with E-state index in [1.807, 2.05) is 45.0 Å². The lowest BCUT2D eigenvalue weighted by atomic mass is 10.1. The Morgan fingerprint density at radius 2 is 1.71 bits per heavy atom. The third kappa shape index (κ3) is 5.01. The molecule has 0 radical (unpaired) electrons. The number of aromatic nitrogens is 2. The number of fused-ring (bicyclic) bond motifs is 1. The van der Waals surface area contributed by atoms with E-state index in [0.717, 1.165) is 48.2 Å². The van der Waals surface area contributed by atoms with Crippen LogP contribution in [0.15, 0.2) is 47.4 Å². The van der Waals surface area contributed by atoms with Crippen molar-refractivity contribution in [2.24, 2.45) is 0 Å². The number of rotatable bonds is 8. The van der Waals surface area contributed by atoms with Gasteiger partial charge in [-0.2, -0.15) is 4.31 Å². The molecule has 3 aromatic rings. The van der Waals surface area contributed by atoms with Gasteiger partial charge in [-0.3, -0.25) is 4.79 Å². The third-order valence-corrected chi connectivity index (χ3v) is 8.60. The summed E-state index contributed by atoms with van der Waals surface area (Å²) in [4.78, 5) is 26.8. The molecule has 1 aromatic heterocycles. The van der Waals surface area contributed by atoms with Gasteiger partial charge in [-0.15, -0.1) is 0 Å². The van der Waals surface area contributed by atoms with Gasteiger partial charge in [0, 0.05) is 50.0 Å². The quantitative estimate of drug-likeness (QED) is 0.472. The van der Waals surface area contributed by atoms with Gasteiger partial charge in [0.2, 0.25) is 10.0 Å². The smallest absolute Gasteiger partial charge is 0.256 e. The minimum Gasteiger partial charge on any atom is -0.371 e. The fourth-order valence-electron chi connectivity index (χ4n) is 4.65. The SMILES string of the molecule is CCN(CC)S(=O)(=O)c1ccc(N2CCCC2)c(C(=O)N(C)Cc2nc(C)c3ccccc3n2)c1. The number of hydrogen-bond acceptors (Lipinski definition) is 6. The van der Waals surface area contributed by atoms with Gasteiger partial charge in [0.1, 0.15) is 5.82 Å². The van der Waals surface area contributed by atoms with Gasteiger partial charge in [-0.1, -0.05) is 32.0 Å². The second kappa shape index (κ2) is 10.3. The van der Waals surface area contributed by atoms with Crippen molar-refractivity contribution < 1.29 is 13.2 Å². The molecule has 8 nitrogen and oxygen atoms in total. The van der Waals surface area contributed by atoms with Gasteiger partial charge in [0.25, 0.3) is 5.91 Å². The predicted octanol–water partition coefficient (Wildman–Crippen LogP) is 3.84. The summed E-state index contributed by atoms with van der Waals surface area (Å²) in [7, 11) is -1.99. The molecule has 4 rings (SSSR count). The Bertz CT molecular complexity index is 1330. The number of carbonyl (C=O) groups excluding carboxylic acids is 1. The molecule has 0 atom stereocenters. The molecule has 0 bridgehead atoms. The summed E-state index contributed by atoms with van der Waals surface area (Å²) in [6.07, 6.45) is 2.10. The molecule has 0 N–H and O–H groups in total. The molecule has 2 aromatic carbocycles.